The van der Waals surface area contributed by atoms with E-state index in [0.717, 1.165) is 17.0 Å². The second-order valence-corrected chi connectivity index (χ2v) is 5.21. The SMILES string of the molecule is Clc1ccc(/C(Cn2ccnc2)=N\Nc2ccccc2)cc1. The number of halogens is 1. The number of rotatable bonds is 5. The van der Waals surface area contributed by atoms with Crippen LogP contribution in [0, 0.1) is 0 Å². The minimum atomic E-state index is 0.626. The lowest BCUT2D eigenvalue weighted by Gasteiger charge is -2.09. The predicted molar refractivity (Wildman–Crippen MR) is 90.3 cm³/mol. The molecule has 1 N–H and O–H groups in total. The number of hydrogen-bond donors (Lipinski definition) is 1. The maximum absolute atomic E-state index is 5.96. The van der Waals surface area contributed by atoms with Gasteiger partial charge in [0, 0.05) is 17.4 Å². The highest BCUT2D eigenvalue weighted by atomic mass is 35.5. The van der Waals surface area contributed by atoms with Gasteiger partial charge in [-0.1, -0.05) is 41.9 Å². The molecule has 0 aliphatic rings. The first-order valence-electron chi connectivity index (χ1n) is 6.90. The molecular weight excluding hydrogens is 296 g/mol. The lowest BCUT2D eigenvalue weighted by Crippen LogP contribution is -2.12. The maximum atomic E-state index is 5.96. The van der Waals surface area contributed by atoms with Crippen molar-refractivity contribution in [3.05, 3.63) is 83.9 Å². The summed E-state index contributed by atoms with van der Waals surface area (Å²) in [5.74, 6) is 0. The Labute approximate surface area is 134 Å². The molecule has 3 rings (SSSR count). The molecule has 1 heterocycles. The molecule has 0 unspecified atom stereocenters. The molecule has 0 fully saturated rings. The van der Waals surface area contributed by atoms with E-state index in [2.05, 4.69) is 15.5 Å². The lowest BCUT2D eigenvalue weighted by molar-refractivity contribution is 0.848. The van der Waals surface area contributed by atoms with Gasteiger partial charge in [-0.05, 0) is 29.8 Å². The fourth-order valence-corrected chi connectivity index (χ4v) is 2.16. The summed E-state index contributed by atoms with van der Waals surface area (Å²) in [6.45, 7) is 0.626. The van der Waals surface area contributed by atoms with Crippen LogP contribution in [0.5, 0.6) is 0 Å². The van der Waals surface area contributed by atoms with Gasteiger partial charge in [0.05, 0.1) is 24.3 Å². The first-order chi connectivity index (χ1) is 10.8. The smallest absolute Gasteiger partial charge is 0.0949 e. The Kier molecular flexibility index (Phi) is 4.51. The van der Waals surface area contributed by atoms with Crippen LogP contribution in [-0.2, 0) is 6.54 Å². The van der Waals surface area contributed by atoms with Gasteiger partial charge in [-0.15, -0.1) is 0 Å². The maximum Gasteiger partial charge on any atom is 0.0949 e. The Morgan fingerprint density at radius 3 is 2.55 bits per heavy atom. The Morgan fingerprint density at radius 2 is 1.86 bits per heavy atom. The average molecular weight is 311 g/mol. The van der Waals surface area contributed by atoms with Crippen molar-refractivity contribution in [1.82, 2.24) is 9.55 Å². The van der Waals surface area contributed by atoms with E-state index >= 15 is 0 Å². The molecule has 22 heavy (non-hydrogen) atoms. The molecule has 4 nitrogen and oxygen atoms in total. The highest BCUT2D eigenvalue weighted by Gasteiger charge is 2.05. The fraction of sp³-hybridized carbons (Fsp3) is 0.0588. The number of anilines is 1. The van der Waals surface area contributed by atoms with Crippen LogP contribution in [0.2, 0.25) is 5.02 Å². The van der Waals surface area contributed by atoms with Crippen LogP contribution in [0.15, 0.2) is 78.4 Å². The van der Waals surface area contributed by atoms with Crippen LogP contribution in [-0.4, -0.2) is 15.3 Å². The van der Waals surface area contributed by atoms with Gasteiger partial charge in [0.25, 0.3) is 0 Å². The summed E-state index contributed by atoms with van der Waals surface area (Å²) >= 11 is 5.96. The molecule has 0 atom stereocenters. The molecule has 0 amide bonds. The van der Waals surface area contributed by atoms with Crippen molar-refractivity contribution >= 4 is 23.0 Å². The minimum absolute atomic E-state index is 0.626. The van der Waals surface area contributed by atoms with Gasteiger partial charge in [0.2, 0.25) is 0 Å². The van der Waals surface area contributed by atoms with Gasteiger partial charge in [0.1, 0.15) is 0 Å². The summed E-state index contributed by atoms with van der Waals surface area (Å²) in [5.41, 5.74) is 5.95. The third kappa shape index (κ3) is 3.74. The molecule has 3 aromatic rings. The predicted octanol–water partition coefficient (Wildman–Crippen LogP) is 4.05. The summed E-state index contributed by atoms with van der Waals surface area (Å²) in [6.07, 6.45) is 5.44. The largest absolute Gasteiger partial charge is 0.331 e. The Hall–Kier alpha value is -2.59. The highest BCUT2D eigenvalue weighted by Crippen LogP contribution is 2.12. The third-order valence-electron chi connectivity index (χ3n) is 3.16. The van der Waals surface area contributed by atoms with E-state index in [-0.39, 0.29) is 0 Å². The summed E-state index contributed by atoms with van der Waals surface area (Å²) in [6, 6.07) is 17.5. The van der Waals surface area contributed by atoms with Crippen molar-refractivity contribution < 1.29 is 0 Å². The summed E-state index contributed by atoms with van der Waals surface area (Å²) < 4.78 is 1.97. The molecule has 0 radical (unpaired) electrons. The third-order valence-corrected chi connectivity index (χ3v) is 3.41. The van der Waals surface area contributed by atoms with Gasteiger partial charge >= 0.3 is 0 Å². The molecular formula is C17H15ClN4. The Morgan fingerprint density at radius 1 is 1.09 bits per heavy atom. The van der Waals surface area contributed by atoms with E-state index in [9.17, 15) is 0 Å². The summed E-state index contributed by atoms with van der Waals surface area (Å²) in [7, 11) is 0. The quantitative estimate of drug-likeness (QED) is 0.570. The lowest BCUT2D eigenvalue weighted by atomic mass is 10.1. The number of imidazole rings is 1. The second-order valence-electron chi connectivity index (χ2n) is 4.78. The van der Waals surface area contributed by atoms with E-state index in [1.54, 1.807) is 12.5 Å². The summed E-state index contributed by atoms with van der Waals surface area (Å²) in [5, 5.41) is 5.25. The van der Waals surface area contributed by atoms with Crippen molar-refractivity contribution in [2.24, 2.45) is 5.10 Å². The molecule has 0 saturated carbocycles. The molecule has 1 aromatic heterocycles. The minimum Gasteiger partial charge on any atom is -0.331 e. The van der Waals surface area contributed by atoms with Crippen LogP contribution in [0.1, 0.15) is 5.56 Å². The molecule has 5 heteroatoms. The molecule has 0 bridgehead atoms. The van der Waals surface area contributed by atoms with E-state index in [1.807, 2.05) is 65.4 Å². The fourth-order valence-electron chi connectivity index (χ4n) is 2.03. The van der Waals surface area contributed by atoms with Gasteiger partial charge in [0.15, 0.2) is 0 Å². The van der Waals surface area contributed by atoms with E-state index in [1.165, 1.54) is 0 Å². The van der Waals surface area contributed by atoms with Crippen LogP contribution >= 0.6 is 11.6 Å². The van der Waals surface area contributed by atoms with Crippen molar-refractivity contribution in [2.75, 3.05) is 5.43 Å². The zero-order valence-corrected chi connectivity index (χ0v) is 12.6. The zero-order valence-electron chi connectivity index (χ0n) is 11.9. The molecule has 0 spiro atoms. The van der Waals surface area contributed by atoms with E-state index in [4.69, 9.17) is 11.6 Å². The van der Waals surface area contributed by atoms with Gasteiger partial charge < -0.3 is 4.57 Å². The molecule has 110 valence electrons. The zero-order chi connectivity index (χ0) is 15.2. The van der Waals surface area contributed by atoms with Crippen LogP contribution in [0.4, 0.5) is 5.69 Å². The number of hydrogen-bond acceptors (Lipinski definition) is 3. The number of aromatic nitrogens is 2. The van der Waals surface area contributed by atoms with Crippen molar-refractivity contribution in [3.63, 3.8) is 0 Å². The van der Waals surface area contributed by atoms with Gasteiger partial charge in [-0.25, -0.2) is 4.98 Å². The topological polar surface area (TPSA) is 42.2 Å². The Balaban J connectivity index is 1.86. The standard InChI is InChI=1S/C17H15ClN4/c18-15-8-6-14(7-9-15)17(12-22-11-10-19-13-22)21-20-16-4-2-1-3-5-16/h1-11,13,20H,12H2/b21-17-. The number of nitrogens with zero attached hydrogens (tertiary/aromatic N) is 3. The van der Waals surface area contributed by atoms with Crippen molar-refractivity contribution in [3.8, 4) is 0 Å². The van der Waals surface area contributed by atoms with E-state index in [0.29, 0.717) is 11.6 Å². The normalized spacial score (nSPS) is 11.4. The number of nitrogens with one attached hydrogen (secondary N) is 1. The van der Waals surface area contributed by atoms with E-state index < -0.39 is 0 Å². The first kappa shape index (κ1) is 14.4. The molecule has 0 aliphatic carbocycles. The monoisotopic (exact) mass is 310 g/mol. The number of para-hydroxylation sites is 1. The second kappa shape index (κ2) is 6.91. The number of benzene rings is 2. The average Bonchev–Trinajstić information content (AvgIpc) is 3.06. The summed E-state index contributed by atoms with van der Waals surface area (Å²) in [4.78, 5) is 4.07. The van der Waals surface area contributed by atoms with Gasteiger partial charge in [-0.3, -0.25) is 5.43 Å². The molecule has 0 aliphatic heterocycles. The molecule has 0 saturated heterocycles. The van der Waals surface area contributed by atoms with Crippen LogP contribution in [0.25, 0.3) is 0 Å². The van der Waals surface area contributed by atoms with Crippen molar-refractivity contribution in [1.29, 1.82) is 0 Å². The first-order valence-corrected chi connectivity index (χ1v) is 7.28. The molecule has 2 aromatic carbocycles. The van der Waals surface area contributed by atoms with Gasteiger partial charge in [-0.2, -0.15) is 5.10 Å². The highest BCUT2D eigenvalue weighted by molar-refractivity contribution is 6.30. The number of hydrazone groups is 1. The van der Waals surface area contributed by atoms with Crippen molar-refractivity contribution in [2.45, 2.75) is 6.54 Å². The Bertz CT molecular complexity index is 734. The van der Waals surface area contributed by atoms with Crippen LogP contribution < -0.4 is 5.43 Å². The van der Waals surface area contributed by atoms with Crippen LogP contribution in [0.3, 0.4) is 0 Å².